The highest BCUT2D eigenvalue weighted by atomic mass is 32.1. The molecule has 0 saturated carbocycles. The van der Waals surface area contributed by atoms with Crippen molar-refractivity contribution in [2.45, 2.75) is 27.3 Å². The van der Waals surface area contributed by atoms with Crippen LogP contribution in [0.5, 0.6) is 5.75 Å². The molecule has 0 aliphatic heterocycles. The van der Waals surface area contributed by atoms with Gasteiger partial charge in [-0.25, -0.2) is 4.98 Å². The smallest absolute Gasteiger partial charge is 0.258 e. The highest BCUT2D eigenvalue weighted by molar-refractivity contribution is 7.16. The van der Waals surface area contributed by atoms with Crippen LogP contribution < -0.4 is 10.1 Å². The van der Waals surface area contributed by atoms with Crippen molar-refractivity contribution < 1.29 is 9.53 Å². The number of amides is 1. The lowest BCUT2D eigenvalue weighted by atomic mass is 10.1. The van der Waals surface area contributed by atoms with Gasteiger partial charge in [0.1, 0.15) is 5.75 Å². The van der Waals surface area contributed by atoms with Crippen LogP contribution in [-0.4, -0.2) is 17.5 Å². The summed E-state index contributed by atoms with van der Waals surface area (Å²) >= 11 is 3.29. The third kappa shape index (κ3) is 4.46. The van der Waals surface area contributed by atoms with Crippen molar-refractivity contribution in [2.24, 2.45) is 0 Å². The molecule has 3 aromatic rings. The minimum absolute atomic E-state index is 0.0216. The fraction of sp³-hybridized carbons (Fsp3) is 0.263. The van der Waals surface area contributed by atoms with Crippen LogP contribution in [0.1, 0.15) is 21.0 Å². The average molecular weight is 373 g/mol. The molecule has 4 nitrogen and oxygen atoms in total. The number of hydrogen-bond acceptors (Lipinski definition) is 5. The minimum Gasteiger partial charge on any atom is -0.483 e. The molecule has 2 heterocycles. The molecule has 25 heavy (non-hydrogen) atoms. The van der Waals surface area contributed by atoms with E-state index in [0.717, 1.165) is 37.3 Å². The third-order valence-corrected chi connectivity index (χ3v) is 5.79. The molecule has 0 radical (unpaired) electrons. The van der Waals surface area contributed by atoms with E-state index in [-0.39, 0.29) is 12.5 Å². The molecule has 3 rings (SSSR count). The van der Waals surface area contributed by atoms with Crippen LogP contribution in [0.15, 0.2) is 35.7 Å². The first kappa shape index (κ1) is 17.6. The number of rotatable bonds is 6. The van der Waals surface area contributed by atoms with Crippen molar-refractivity contribution >= 4 is 28.6 Å². The molecule has 0 saturated heterocycles. The zero-order chi connectivity index (χ0) is 17.8. The van der Waals surface area contributed by atoms with Gasteiger partial charge in [-0.3, -0.25) is 4.79 Å². The molecule has 1 aromatic carbocycles. The molecular weight excluding hydrogens is 352 g/mol. The second-order valence-corrected chi connectivity index (χ2v) is 8.01. The van der Waals surface area contributed by atoms with Crippen LogP contribution in [0.25, 0.3) is 10.6 Å². The Morgan fingerprint density at radius 3 is 2.80 bits per heavy atom. The number of nitrogens with zero attached hydrogens (tertiary/aromatic N) is 1. The molecule has 0 spiro atoms. The first-order valence-electron chi connectivity index (χ1n) is 8.00. The van der Waals surface area contributed by atoms with Gasteiger partial charge in [-0.1, -0.05) is 12.1 Å². The van der Waals surface area contributed by atoms with E-state index in [2.05, 4.69) is 15.7 Å². The van der Waals surface area contributed by atoms with Gasteiger partial charge in [0.15, 0.2) is 6.61 Å². The lowest BCUT2D eigenvalue weighted by molar-refractivity contribution is -0.123. The molecule has 1 N–H and O–H groups in total. The number of aryl methyl sites for hydroxylation is 2. The fourth-order valence-corrected chi connectivity index (χ4v) is 3.94. The first-order chi connectivity index (χ1) is 12.0. The van der Waals surface area contributed by atoms with E-state index in [1.165, 1.54) is 0 Å². The largest absolute Gasteiger partial charge is 0.483 e. The molecule has 6 heteroatoms. The normalized spacial score (nSPS) is 10.7. The van der Waals surface area contributed by atoms with Crippen LogP contribution in [-0.2, 0) is 11.3 Å². The molecule has 0 aliphatic rings. The number of aromatic nitrogens is 1. The molecule has 0 aliphatic carbocycles. The Morgan fingerprint density at radius 2 is 2.04 bits per heavy atom. The van der Waals surface area contributed by atoms with Gasteiger partial charge >= 0.3 is 0 Å². The molecule has 130 valence electrons. The highest BCUT2D eigenvalue weighted by Crippen LogP contribution is 2.28. The van der Waals surface area contributed by atoms with Gasteiger partial charge in [0.25, 0.3) is 5.91 Å². The summed E-state index contributed by atoms with van der Waals surface area (Å²) in [6.45, 7) is 6.55. The van der Waals surface area contributed by atoms with Crippen LogP contribution >= 0.6 is 22.7 Å². The maximum atomic E-state index is 12.0. The summed E-state index contributed by atoms with van der Waals surface area (Å²) in [5.41, 5.74) is 3.22. The van der Waals surface area contributed by atoms with E-state index < -0.39 is 0 Å². The Hall–Kier alpha value is -2.18. The number of nitrogens with one attached hydrogen (secondary N) is 1. The van der Waals surface area contributed by atoms with Gasteiger partial charge < -0.3 is 10.1 Å². The number of benzene rings is 1. The Labute approximate surface area is 155 Å². The molecule has 2 aromatic heterocycles. The van der Waals surface area contributed by atoms with Gasteiger partial charge in [-0.15, -0.1) is 22.7 Å². The van der Waals surface area contributed by atoms with E-state index in [0.29, 0.717) is 6.54 Å². The molecule has 0 unspecified atom stereocenters. The van der Waals surface area contributed by atoms with E-state index in [1.54, 1.807) is 22.7 Å². The Kier molecular flexibility index (Phi) is 5.50. The summed E-state index contributed by atoms with van der Waals surface area (Å²) in [6, 6.07) is 9.92. The predicted octanol–water partition coefficient (Wildman–Crippen LogP) is 4.49. The van der Waals surface area contributed by atoms with Gasteiger partial charge in [-0.2, -0.15) is 0 Å². The van der Waals surface area contributed by atoms with E-state index in [4.69, 9.17) is 4.74 Å². The molecule has 0 bridgehead atoms. The zero-order valence-electron chi connectivity index (χ0n) is 14.5. The Balaban J connectivity index is 1.51. The maximum Gasteiger partial charge on any atom is 0.258 e. The Bertz CT molecular complexity index is 883. The van der Waals surface area contributed by atoms with Crippen LogP contribution in [0.2, 0.25) is 0 Å². The van der Waals surface area contributed by atoms with Gasteiger partial charge in [-0.05, 0) is 50.1 Å². The average Bonchev–Trinajstić information content (AvgIpc) is 3.23. The number of hydrogen-bond donors (Lipinski definition) is 1. The van der Waals surface area contributed by atoms with Crippen molar-refractivity contribution in [3.8, 4) is 16.3 Å². The number of thiophene rings is 1. The highest BCUT2D eigenvalue weighted by Gasteiger charge is 2.09. The SMILES string of the molecule is Cc1nc(-c2ccc(CNC(=O)COc3cccc(C)c3C)s2)cs1. The minimum atomic E-state index is -0.125. The van der Waals surface area contributed by atoms with Crippen LogP contribution in [0.3, 0.4) is 0 Å². The van der Waals surface area contributed by atoms with E-state index >= 15 is 0 Å². The van der Waals surface area contributed by atoms with Crippen molar-refractivity contribution in [1.29, 1.82) is 0 Å². The second kappa shape index (κ2) is 7.80. The summed E-state index contributed by atoms with van der Waals surface area (Å²) in [6.07, 6.45) is 0. The van der Waals surface area contributed by atoms with E-state index in [9.17, 15) is 4.79 Å². The van der Waals surface area contributed by atoms with Crippen molar-refractivity contribution in [3.05, 3.63) is 56.7 Å². The summed E-state index contributed by atoms with van der Waals surface area (Å²) in [4.78, 5) is 18.7. The second-order valence-electron chi connectivity index (χ2n) is 5.78. The molecule has 0 atom stereocenters. The number of thiazole rings is 1. The number of ether oxygens (including phenoxy) is 1. The summed E-state index contributed by atoms with van der Waals surface area (Å²) < 4.78 is 5.63. The summed E-state index contributed by atoms with van der Waals surface area (Å²) in [7, 11) is 0. The van der Waals surface area contributed by atoms with Crippen LogP contribution in [0, 0.1) is 20.8 Å². The maximum absolute atomic E-state index is 12.0. The standard InChI is InChI=1S/C19H20N2O2S2/c1-12-5-4-6-17(13(12)2)23-10-19(22)20-9-15-7-8-18(25-15)16-11-24-14(3)21-16/h4-8,11H,9-10H2,1-3H3,(H,20,22). The van der Waals surface area contributed by atoms with Gasteiger partial charge in [0, 0.05) is 10.3 Å². The number of carbonyl (C=O) groups excluding carboxylic acids is 1. The first-order valence-corrected chi connectivity index (χ1v) is 9.69. The molecule has 0 fully saturated rings. The number of carbonyl (C=O) groups is 1. The zero-order valence-corrected chi connectivity index (χ0v) is 16.1. The molecule has 1 amide bonds. The summed E-state index contributed by atoms with van der Waals surface area (Å²) in [5.74, 6) is 0.632. The van der Waals surface area contributed by atoms with Crippen molar-refractivity contribution in [1.82, 2.24) is 10.3 Å². The molecular formula is C19H20N2O2S2. The van der Waals surface area contributed by atoms with Crippen molar-refractivity contribution in [3.63, 3.8) is 0 Å². The quantitative estimate of drug-likeness (QED) is 0.693. The van der Waals surface area contributed by atoms with E-state index in [1.807, 2.05) is 51.1 Å². The third-order valence-electron chi connectivity index (χ3n) is 3.91. The predicted molar refractivity (Wildman–Crippen MR) is 103 cm³/mol. The monoisotopic (exact) mass is 372 g/mol. The fourth-order valence-electron chi connectivity index (χ4n) is 2.35. The van der Waals surface area contributed by atoms with Gasteiger partial charge in [0.2, 0.25) is 0 Å². The van der Waals surface area contributed by atoms with Crippen molar-refractivity contribution in [2.75, 3.05) is 6.61 Å². The van der Waals surface area contributed by atoms with Crippen LogP contribution in [0.4, 0.5) is 0 Å². The van der Waals surface area contributed by atoms with Gasteiger partial charge in [0.05, 0.1) is 22.1 Å². The lowest BCUT2D eigenvalue weighted by Crippen LogP contribution is -2.28. The summed E-state index contributed by atoms with van der Waals surface area (Å²) in [5, 5.41) is 6.02. The Morgan fingerprint density at radius 1 is 1.20 bits per heavy atom. The topological polar surface area (TPSA) is 51.2 Å². The lowest BCUT2D eigenvalue weighted by Gasteiger charge is -2.10.